The van der Waals surface area contributed by atoms with Gasteiger partial charge in [-0.2, -0.15) is 0 Å². The molecule has 2 amide bonds. The molecular weight excluding hydrogens is 350 g/mol. The molecule has 26 heavy (non-hydrogen) atoms. The second-order valence-corrected chi connectivity index (χ2v) is 7.76. The molecule has 2 N–H and O–H groups in total. The van der Waals surface area contributed by atoms with Gasteiger partial charge in [0, 0.05) is 17.8 Å². The summed E-state index contributed by atoms with van der Waals surface area (Å²) in [6.07, 6.45) is 7.04. The fourth-order valence-electron chi connectivity index (χ4n) is 3.25. The summed E-state index contributed by atoms with van der Waals surface area (Å²) in [6.45, 7) is 2.92. The van der Waals surface area contributed by atoms with Gasteiger partial charge in [-0.1, -0.05) is 24.1 Å². The Morgan fingerprint density at radius 1 is 1.38 bits per heavy atom. The van der Waals surface area contributed by atoms with Crippen LogP contribution in [0, 0.1) is 5.92 Å². The molecule has 0 aromatic carbocycles. The van der Waals surface area contributed by atoms with Gasteiger partial charge in [0.05, 0.1) is 18.8 Å². The van der Waals surface area contributed by atoms with Crippen molar-refractivity contribution in [2.75, 3.05) is 6.54 Å². The summed E-state index contributed by atoms with van der Waals surface area (Å²) in [5, 5.41) is 15.7. The first-order valence-electron chi connectivity index (χ1n) is 9.13. The molecule has 1 aliphatic carbocycles. The number of rotatable bonds is 8. The zero-order valence-corrected chi connectivity index (χ0v) is 15.8. The highest BCUT2D eigenvalue weighted by molar-refractivity contribution is 7.10. The number of aromatic nitrogens is 3. The van der Waals surface area contributed by atoms with Crippen molar-refractivity contribution in [1.82, 2.24) is 25.6 Å². The number of hydrogen-bond donors (Lipinski definition) is 2. The van der Waals surface area contributed by atoms with Crippen LogP contribution in [-0.4, -0.2) is 33.4 Å². The second kappa shape index (κ2) is 8.93. The maximum Gasteiger partial charge on any atom is 0.273 e. The summed E-state index contributed by atoms with van der Waals surface area (Å²) in [6, 6.07) is 3.88. The molecule has 3 rings (SSSR count). The number of hydrogen-bond acceptors (Lipinski definition) is 5. The SMILES string of the molecule is CC(NC(=O)c1cn(CCNC(=O)CC2CCCC2)nn1)c1cccs1. The lowest BCUT2D eigenvalue weighted by Gasteiger charge is -2.10. The second-order valence-electron chi connectivity index (χ2n) is 6.78. The minimum atomic E-state index is -0.248. The van der Waals surface area contributed by atoms with Crippen LogP contribution in [0.1, 0.15) is 60.4 Å². The van der Waals surface area contributed by atoms with Crippen LogP contribution in [0.4, 0.5) is 0 Å². The normalized spacial score (nSPS) is 15.7. The predicted octanol–water partition coefficient (Wildman–Crippen LogP) is 2.53. The van der Waals surface area contributed by atoms with E-state index in [9.17, 15) is 9.59 Å². The lowest BCUT2D eigenvalue weighted by Crippen LogP contribution is -2.28. The molecule has 7 nitrogen and oxygen atoms in total. The van der Waals surface area contributed by atoms with Crippen molar-refractivity contribution in [3.8, 4) is 0 Å². The summed E-state index contributed by atoms with van der Waals surface area (Å²) < 4.78 is 1.58. The van der Waals surface area contributed by atoms with Crippen LogP contribution < -0.4 is 10.6 Å². The van der Waals surface area contributed by atoms with Crippen LogP contribution in [-0.2, 0) is 11.3 Å². The third-order valence-corrected chi connectivity index (χ3v) is 5.76. The van der Waals surface area contributed by atoms with Crippen LogP contribution in [0.2, 0.25) is 0 Å². The van der Waals surface area contributed by atoms with Crippen molar-refractivity contribution in [3.63, 3.8) is 0 Å². The minimum absolute atomic E-state index is 0.0671. The van der Waals surface area contributed by atoms with Crippen molar-refractivity contribution in [1.29, 1.82) is 0 Å². The van der Waals surface area contributed by atoms with Gasteiger partial charge < -0.3 is 10.6 Å². The lowest BCUT2D eigenvalue weighted by atomic mass is 10.0. The van der Waals surface area contributed by atoms with E-state index in [0.717, 1.165) is 4.88 Å². The van der Waals surface area contributed by atoms with E-state index in [2.05, 4.69) is 20.9 Å². The first kappa shape index (κ1) is 18.6. The van der Waals surface area contributed by atoms with E-state index >= 15 is 0 Å². The maximum atomic E-state index is 12.2. The molecule has 1 saturated carbocycles. The number of nitrogens with zero attached hydrogens (tertiary/aromatic N) is 3. The molecule has 2 heterocycles. The summed E-state index contributed by atoms with van der Waals surface area (Å²) >= 11 is 1.60. The monoisotopic (exact) mass is 375 g/mol. The summed E-state index contributed by atoms with van der Waals surface area (Å²) in [5.74, 6) is 0.393. The van der Waals surface area contributed by atoms with Crippen molar-refractivity contribution in [2.24, 2.45) is 5.92 Å². The van der Waals surface area contributed by atoms with E-state index in [1.165, 1.54) is 25.7 Å². The van der Waals surface area contributed by atoms with E-state index in [-0.39, 0.29) is 23.6 Å². The van der Waals surface area contributed by atoms with Gasteiger partial charge in [-0.15, -0.1) is 16.4 Å². The number of carbonyl (C=O) groups excluding carboxylic acids is 2. The number of thiophene rings is 1. The highest BCUT2D eigenvalue weighted by Crippen LogP contribution is 2.27. The van der Waals surface area contributed by atoms with Gasteiger partial charge in [0.25, 0.3) is 5.91 Å². The Morgan fingerprint density at radius 2 is 2.19 bits per heavy atom. The third-order valence-electron chi connectivity index (χ3n) is 4.70. The van der Waals surface area contributed by atoms with Gasteiger partial charge >= 0.3 is 0 Å². The zero-order valence-electron chi connectivity index (χ0n) is 15.0. The fourth-order valence-corrected chi connectivity index (χ4v) is 3.98. The number of nitrogens with one attached hydrogen (secondary N) is 2. The lowest BCUT2D eigenvalue weighted by molar-refractivity contribution is -0.122. The standard InChI is InChI=1S/C18H25N5O2S/c1-13(16-7-4-10-26-16)20-18(25)15-12-23(22-21-15)9-8-19-17(24)11-14-5-2-3-6-14/h4,7,10,12-14H,2-3,5-6,8-9,11H2,1H3,(H,19,24)(H,20,25). The number of carbonyl (C=O) groups is 2. The molecule has 1 unspecified atom stereocenters. The minimum Gasteiger partial charge on any atom is -0.354 e. The van der Waals surface area contributed by atoms with Crippen molar-refractivity contribution in [3.05, 3.63) is 34.3 Å². The predicted molar refractivity (Wildman–Crippen MR) is 99.8 cm³/mol. The fraction of sp³-hybridized carbons (Fsp3) is 0.556. The summed E-state index contributed by atoms with van der Waals surface area (Å²) in [5.41, 5.74) is 0.283. The van der Waals surface area contributed by atoms with Gasteiger partial charge in [-0.05, 0) is 37.1 Å². The van der Waals surface area contributed by atoms with Gasteiger partial charge in [0.15, 0.2) is 5.69 Å². The van der Waals surface area contributed by atoms with Gasteiger partial charge in [0.2, 0.25) is 5.91 Å². The molecule has 1 aliphatic rings. The Kier molecular flexibility index (Phi) is 6.38. The smallest absolute Gasteiger partial charge is 0.273 e. The molecule has 2 aromatic rings. The molecule has 0 saturated heterocycles. The van der Waals surface area contributed by atoms with Crippen molar-refractivity contribution < 1.29 is 9.59 Å². The molecular formula is C18H25N5O2S. The molecule has 1 fully saturated rings. The first-order chi connectivity index (χ1) is 12.6. The largest absolute Gasteiger partial charge is 0.354 e. The molecule has 2 aromatic heterocycles. The third kappa shape index (κ3) is 5.14. The topological polar surface area (TPSA) is 88.9 Å². The van der Waals surface area contributed by atoms with E-state index in [0.29, 0.717) is 25.4 Å². The van der Waals surface area contributed by atoms with Crippen LogP contribution in [0.25, 0.3) is 0 Å². The highest BCUT2D eigenvalue weighted by atomic mass is 32.1. The molecule has 1 atom stereocenters. The van der Waals surface area contributed by atoms with E-state index in [4.69, 9.17) is 0 Å². The Bertz CT molecular complexity index is 722. The van der Waals surface area contributed by atoms with E-state index < -0.39 is 0 Å². The van der Waals surface area contributed by atoms with Crippen LogP contribution in [0.15, 0.2) is 23.7 Å². The van der Waals surface area contributed by atoms with Gasteiger partial charge in [0.1, 0.15) is 0 Å². The average molecular weight is 375 g/mol. The first-order valence-corrected chi connectivity index (χ1v) is 10.0. The van der Waals surface area contributed by atoms with Gasteiger partial charge in [-0.25, -0.2) is 4.68 Å². The Labute approximate surface area is 157 Å². The van der Waals surface area contributed by atoms with Crippen molar-refractivity contribution in [2.45, 2.75) is 51.6 Å². The zero-order chi connectivity index (χ0) is 18.4. The Hall–Kier alpha value is -2.22. The molecule has 0 spiro atoms. The summed E-state index contributed by atoms with van der Waals surface area (Å²) in [7, 11) is 0. The van der Waals surface area contributed by atoms with E-state index in [1.807, 2.05) is 24.4 Å². The average Bonchev–Trinajstić information content (AvgIpc) is 3.37. The van der Waals surface area contributed by atoms with Crippen LogP contribution in [0.3, 0.4) is 0 Å². The Morgan fingerprint density at radius 3 is 2.92 bits per heavy atom. The summed E-state index contributed by atoms with van der Waals surface area (Å²) in [4.78, 5) is 25.3. The van der Waals surface area contributed by atoms with E-state index in [1.54, 1.807) is 22.2 Å². The molecule has 0 aliphatic heterocycles. The molecule has 8 heteroatoms. The van der Waals surface area contributed by atoms with Crippen LogP contribution in [0.5, 0.6) is 0 Å². The van der Waals surface area contributed by atoms with Gasteiger partial charge in [-0.3, -0.25) is 9.59 Å². The highest BCUT2D eigenvalue weighted by Gasteiger charge is 2.18. The molecule has 0 bridgehead atoms. The molecule has 0 radical (unpaired) electrons. The number of amides is 2. The maximum absolute atomic E-state index is 12.2. The quantitative estimate of drug-likeness (QED) is 0.742. The Balaban J connectivity index is 1.41. The molecule has 140 valence electrons. The van der Waals surface area contributed by atoms with Crippen LogP contribution >= 0.6 is 11.3 Å². The van der Waals surface area contributed by atoms with Crippen molar-refractivity contribution >= 4 is 23.2 Å².